The van der Waals surface area contributed by atoms with E-state index in [1.54, 1.807) is 0 Å². The van der Waals surface area contributed by atoms with E-state index in [0.29, 0.717) is 12.6 Å². The number of rotatable bonds is 6. The summed E-state index contributed by atoms with van der Waals surface area (Å²) in [5.41, 5.74) is 0.922. The van der Waals surface area contributed by atoms with Crippen LogP contribution in [-0.2, 0) is 17.9 Å². The summed E-state index contributed by atoms with van der Waals surface area (Å²) in [4.78, 5) is 0. The van der Waals surface area contributed by atoms with Crippen LogP contribution >= 0.6 is 0 Å². The molecule has 15 heavy (non-hydrogen) atoms. The fourth-order valence-electron chi connectivity index (χ4n) is 1.06. The highest BCUT2D eigenvalue weighted by atomic mass is 16.5. The third-order valence-electron chi connectivity index (χ3n) is 1.86. The molecule has 0 aliphatic heterocycles. The van der Waals surface area contributed by atoms with Crippen molar-refractivity contribution < 1.29 is 9.26 Å². The van der Waals surface area contributed by atoms with Crippen LogP contribution in [0.5, 0.6) is 0 Å². The third kappa shape index (κ3) is 4.95. The van der Waals surface area contributed by atoms with Gasteiger partial charge in [-0.1, -0.05) is 19.0 Å². The molecule has 0 spiro atoms. The summed E-state index contributed by atoms with van der Waals surface area (Å²) >= 11 is 0. The Hall–Kier alpha value is -0.870. The van der Waals surface area contributed by atoms with Gasteiger partial charge in [0.2, 0.25) is 0 Å². The number of hydrogen-bond donors (Lipinski definition) is 1. The van der Waals surface area contributed by atoms with Gasteiger partial charge in [0.05, 0.1) is 11.8 Å². The number of ether oxygens (including phenoxy) is 1. The second-order valence-corrected chi connectivity index (χ2v) is 4.18. The molecule has 86 valence electrons. The second kappa shape index (κ2) is 5.88. The Morgan fingerprint density at radius 1 is 1.40 bits per heavy atom. The zero-order valence-electron chi connectivity index (χ0n) is 9.91. The van der Waals surface area contributed by atoms with Crippen LogP contribution in [0.4, 0.5) is 0 Å². The highest BCUT2D eigenvalue weighted by Gasteiger charge is 2.05. The Kier molecular flexibility index (Phi) is 4.78. The lowest BCUT2D eigenvalue weighted by Crippen LogP contribution is -2.21. The molecule has 0 atom stereocenters. The van der Waals surface area contributed by atoms with Crippen molar-refractivity contribution in [2.45, 2.75) is 53.0 Å². The van der Waals surface area contributed by atoms with Crippen LogP contribution in [0.3, 0.4) is 0 Å². The first-order valence-corrected chi connectivity index (χ1v) is 5.37. The van der Waals surface area contributed by atoms with E-state index < -0.39 is 0 Å². The Bertz CT molecular complexity index is 255. The highest BCUT2D eigenvalue weighted by molar-refractivity contribution is 5.04. The SMILES string of the molecule is CC(C)NCc1cc(COC(C)C)on1. The summed E-state index contributed by atoms with van der Waals surface area (Å²) < 4.78 is 10.5. The van der Waals surface area contributed by atoms with Crippen LogP contribution in [-0.4, -0.2) is 17.3 Å². The largest absolute Gasteiger partial charge is 0.371 e. The number of aromatic nitrogens is 1. The fraction of sp³-hybridized carbons (Fsp3) is 0.727. The van der Waals surface area contributed by atoms with Crippen LogP contribution in [0, 0.1) is 0 Å². The molecule has 0 aliphatic rings. The summed E-state index contributed by atoms with van der Waals surface area (Å²) in [6.45, 7) is 9.43. The molecule has 1 aromatic heterocycles. The standard InChI is InChI=1S/C11H20N2O2/c1-8(2)12-6-10-5-11(15-13-10)7-14-9(3)4/h5,8-9,12H,6-7H2,1-4H3. The summed E-state index contributed by atoms with van der Waals surface area (Å²) in [6.07, 6.45) is 0.215. The maximum atomic E-state index is 5.41. The summed E-state index contributed by atoms with van der Waals surface area (Å²) in [7, 11) is 0. The minimum absolute atomic E-state index is 0.215. The van der Waals surface area contributed by atoms with Gasteiger partial charge in [0.25, 0.3) is 0 Å². The van der Waals surface area contributed by atoms with E-state index in [9.17, 15) is 0 Å². The number of nitrogens with zero attached hydrogens (tertiary/aromatic N) is 1. The van der Waals surface area contributed by atoms with E-state index in [0.717, 1.165) is 18.0 Å². The molecule has 0 amide bonds. The number of hydrogen-bond acceptors (Lipinski definition) is 4. The predicted octanol–water partition coefficient (Wildman–Crippen LogP) is 2.10. The third-order valence-corrected chi connectivity index (χ3v) is 1.86. The zero-order valence-corrected chi connectivity index (χ0v) is 9.91. The van der Waals surface area contributed by atoms with Crippen molar-refractivity contribution in [2.75, 3.05) is 0 Å². The monoisotopic (exact) mass is 212 g/mol. The lowest BCUT2D eigenvalue weighted by molar-refractivity contribution is 0.0512. The molecular weight excluding hydrogens is 192 g/mol. The predicted molar refractivity (Wildman–Crippen MR) is 58.4 cm³/mol. The summed E-state index contributed by atoms with van der Waals surface area (Å²) in [5, 5.41) is 7.23. The Morgan fingerprint density at radius 2 is 2.13 bits per heavy atom. The van der Waals surface area contributed by atoms with E-state index in [1.165, 1.54) is 0 Å². The van der Waals surface area contributed by atoms with E-state index >= 15 is 0 Å². The number of nitrogens with one attached hydrogen (secondary N) is 1. The second-order valence-electron chi connectivity index (χ2n) is 4.18. The van der Waals surface area contributed by atoms with Crippen molar-refractivity contribution >= 4 is 0 Å². The van der Waals surface area contributed by atoms with Crippen molar-refractivity contribution in [3.63, 3.8) is 0 Å². The molecule has 1 rings (SSSR count). The minimum atomic E-state index is 0.215. The summed E-state index contributed by atoms with van der Waals surface area (Å²) in [5.74, 6) is 0.782. The average molecular weight is 212 g/mol. The molecule has 0 aromatic carbocycles. The van der Waals surface area contributed by atoms with Gasteiger partial charge in [0.15, 0.2) is 5.76 Å². The molecule has 4 heteroatoms. The van der Waals surface area contributed by atoms with Gasteiger partial charge in [-0.05, 0) is 13.8 Å². The smallest absolute Gasteiger partial charge is 0.162 e. The normalized spacial score (nSPS) is 11.6. The Labute approximate surface area is 91.0 Å². The minimum Gasteiger partial charge on any atom is -0.371 e. The maximum Gasteiger partial charge on any atom is 0.162 e. The van der Waals surface area contributed by atoms with Crippen LogP contribution < -0.4 is 5.32 Å². The average Bonchev–Trinajstić information content (AvgIpc) is 2.59. The Morgan fingerprint density at radius 3 is 2.73 bits per heavy atom. The zero-order chi connectivity index (χ0) is 11.3. The first kappa shape index (κ1) is 12.2. The van der Waals surface area contributed by atoms with Gasteiger partial charge in [0, 0.05) is 18.7 Å². The maximum absolute atomic E-state index is 5.41. The van der Waals surface area contributed by atoms with Crippen molar-refractivity contribution in [2.24, 2.45) is 0 Å². The topological polar surface area (TPSA) is 47.3 Å². The molecule has 0 saturated carbocycles. The van der Waals surface area contributed by atoms with Gasteiger partial charge in [0.1, 0.15) is 6.61 Å². The molecule has 0 aliphatic carbocycles. The quantitative estimate of drug-likeness (QED) is 0.784. The van der Waals surface area contributed by atoms with Crippen molar-refractivity contribution in [3.05, 3.63) is 17.5 Å². The fourth-order valence-corrected chi connectivity index (χ4v) is 1.06. The van der Waals surface area contributed by atoms with Crippen LogP contribution in [0.2, 0.25) is 0 Å². The molecule has 1 aromatic rings. The van der Waals surface area contributed by atoms with Gasteiger partial charge < -0.3 is 14.6 Å². The van der Waals surface area contributed by atoms with E-state index in [2.05, 4.69) is 24.3 Å². The molecule has 4 nitrogen and oxygen atoms in total. The van der Waals surface area contributed by atoms with Crippen LogP contribution in [0.1, 0.15) is 39.1 Å². The molecule has 1 heterocycles. The van der Waals surface area contributed by atoms with Crippen molar-refractivity contribution in [3.8, 4) is 0 Å². The van der Waals surface area contributed by atoms with Gasteiger partial charge in [-0.2, -0.15) is 0 Å². The molecule has 0 saturated heterocycles. The lowest BCUT2D eigenvalue weighted by Gasteiger charge is -2.04. The van der Waals surface area contributed by atoms with Crippen molar-refractivity contribution in [1.82, 2.24) is 10.5 Å². The van der Waals surface area contributed by atoms with Gasteiger partial charge in [-0.25, -0.2) is 0 Å². The van der Waals surface area contributed by atoms with Crippen LogP contribution in [0.15, 0.2) is 10.6 Å². The lowest BCUT2D eigenvalue weighted by atomic mass is 10.3. The first-order valence-electron chi connectivity index (χ1n) is 5.37. The molecule has 0 unspecified atom stereocenters. The molecular formula is C11H20N2O2. The molecule has 1 N–H and O–H groups in total. The van der Waals surface area contributed by atoms with Gasteiger partial charge in [-0.15, -0.1) is 0 Å². The van der Waals surface area contributed by atoms with E-state index in [-0.39, 0.29) is 6.10 Å². The highest BCUT2D eigenvalue weighted by Crippen LogP contribution is 2.06. The summed E-state index contributed by atoms with van der Waals surface area (Å²) in [6, 6.07) is 2.38. The van der Waals surface area contributed by atoms with Gasteiger partial charge in [-0.3, -0.25) is 0 Å². The van der Waals surface area contributed by atoms with E-state index in [1.807, 2.05) is 19.9 Å². The van der Waals surface area contributed by atoms with Crippen molar-refractivity contribution in [1.29, 1.82) is 0 Å². The Balaban J connectivity index is 2.35. The molecule has 0 fully saturated rings. The van der Waals surface area contributed by atoms with Gasteiger partial charge >= 0.3 is 0 Å². The first-order chi connectivity index (χ1) is 7.08. The van der Waals surface area contributed by atoms with Crippen LogP contribution in [0.25, 0.3) is 0 Å². The molecule has 0 bridgehead atoms. The van der Waals surface area contributed by atoms with E-state index in [4.69, 9.17) is 9.26 Å². The molecule has 0 radical (unpaired) electrons.